The fraction of sp³-hybridized carbons (Fsp3) is 0.182. The number of amides is 1. The first kappa shape index (κ1) is 28.3. The molecule has 1 atom stereocenters. The fourth-order valence-electron chi connectivity index (χ4n) is 2.93. The van der Waals surface area contributed by atoms with Gasteiger partial charge in [0.05, 0.1) is 12.0 Å². The Hall–Kier alpha value is -2.69. The zero-order chi connectivity index (χ0) is 22.4. The van der Waals surface area contributed by atoms with Crippen LogP contribution in [0.2, 0.25) is 0 Å². The molecule has 0 radical (unpaired) electrons. The Morgan fingerprint density at radius 1 is 1.03 bits per heavy atom. The molecule has 0 saturated heterocycles. The number of halogens is 2. The van der Waals surface area contributed by atoms with Crippen molar-refractivity contribution in [3.05, 3.63) is 84.2 Å². The van der Waals surface area contributed by atoms with Gasteiger partial charge in [-0.3, -0.25) is 9.78 Å². The number of carbonyl (C=O) groups is 1. The number of hydrogen-bond acceptors (Lipinski definition) is 6. The molecule has 0 fully saturated rings. The lowest BCUT2D eigenvalue weighted by atomic mass is 10.1. The van der Waals surface area contributed by atoms with Crippen LogP contribution in [0.25, 0.3) is 0 Å². The standard InChI is InChI=1S/C22H24N4O4S.2ClH/c1-26(31(28,29)20-9-7-19(30-2)8-10-20)15-21(23)16-3-5-17(6-4-16)22(27)25-18-11-13-24-14-12-18;;/h3-14,21H,15,23H2,1-2H3,(H,24,25,27);2*1H/t21-;;/m0../s1. The molecule has 178 valence electrons. The second-order valence-corrected chi connectivity index (χ2v) is 8.92. The third-order valence-electron chi connectivity index (χ3n) is 4.76. The van der Waals surface area contributed by atoms with Gasteiger partial charge in [0, 0.05) is 43.3 Å². The number of nitrogens with zero attached hydrogens (tertiary/aromatic N) is 2. The van der Waals surface area contributed by atoms with Crippen LogP contribution in [0.4, 0.5) is 5.69 Å². The SMILES string of the molecule is COc1ccc(S(=O)(=O)N(C)C[C@H](N)c2ccc(C(=O)Nc3ccncc3)cc2)cc1.Cl.Cl. The van der Waals surface area contributed by atoms with Crippen LogP contribution in [-0.2, 0) is 10.0 Å². The quantitative estimate of drug-likeness (QED) is 0.477. The maximum atomic E-state index is 12.8. The molecule has 2 aromatic carbocycles. The summed E-state index contributed by atoms with van der Waals surface area (Å²) in [6.45, 7) is 0.0803. The smallest absolute Gasteiger partial charge is 0.255 e. The minimum absolute atomic E-state index is 0. The minimum atomic E-state index is -3.69. The summed E-state index contributed by atoms with van der Waals surface area (Å²) in [7, 11) is -0.696. The van der Waals surface area contributed by atoms with Crippen molar-refractivity contribution in [3.8, 4) is 5.75 Å². The molecule has 3 rings (SSSR count). The second kappa shape index (κ2) is 12.5. The highest BCUT2D eigenvalue weighted by Crippen LogP contribution is 2.21. The molecule has 0 spiro atoms. The highest BCUT2D eigenvalue weighted by atomic mass is 35.5. The van der Waals surface area contributed by atoms with Crippen molar-refractivity contribution in [2.24, 2.45) is 5.73 Å². The van der Waals surface area contributed by atoms with E-state index in [9.17, 15) is 13.2 Å². The molecule has 1 heterocycles. The molecule has 3 N–H and O–H groups in total. The molecule has 33 heavy (non-hydrogen) atoms. The summed E-state index contributed by atoms with van der Waals surface area (Å²) in [5.74, 6) is 0.317. The van der Waals surface area contributed by atoms with Gasteiger partial charge in [0.1, 0.15) is 5.75 Å². The van der Waals surface area contributed by atoms with Crippen LogP contribution in [0.3, 0.4) is 0 Å². The van der Waals surface area contributed by atoms with E-state index < -0.39 is 16.1 Å². The fourth-order valence-corrected chi connectivity index (χ4v) is 4.13. The molecule has 0 unspecified atom stereocenters. The average molecular weight is 513 g/mol. The monoisotopic (exact) mass is 512 g/mol. The highest BCUT2D eigenvalue weighted by Gasteiger charge is 2.23. The van der Waals surface area contributed by atoms with Crippen molar-refractivity contribution in [1.29, 1.82) is 0 Å². The first-order chi connectivity index (χ1) is 14.8. The van der Waals surface area contributed by atoms with Crippen LogP contribution in [0.5, 0.6) is 5.75 Å². The van der Waals surface area contributed by atoms with E-state index in [2.05, 4.69) is 10.3 Å². The van der Waals surface area contributed by atoms with Crippen molar-refractivity contribution < 1.29 is 17.9 Å². The molecule has 3 aromatic rings. The minimum Gasteiger partial charge on any atom is -0.497 e. The van der Waals surface area contributed by atoms with Crippen LogP contribution in [-0.4, -0.2) is 44.3 Å². The van der Waals surface area contributed by atoms with Crippen molar-refractivity contribution >= 4 is 46.4 Å². The van der Waals surface area contributed by atoms with Gasteiger partial charge in [-0.2, -0.15) is 4.31 Å². The molecular weight excluding hydrogens is 487 g/mol. The zero-order valence-corrected chi connectivity index (χ0v) is 20.5. The lowest BCUT2D eigenvalue weighted by Crippen LogP contribution is -2.34. The van der Waals surface area contributed by atoms with Gasteiger partial charge in [0.15, 0.2) is 0 Å². The molecule has 0 aliphatic rings. The number of hydrogen-bond donors (Lipinski definition) is 2. The highest BCUT2D eigenvalue weighted by molar-refractivity contribution is 7.89. The van der Waals surface area contributed by atoms with Crippen molar-refractivity contribution in [1.82, 2.24) is 9.29 Å². The van der Waals surface area contributed by atoms with Crippen LogP contribution >= 0.6 is 24.8 Å². The van der Waals surface area contributed by atoms with E-state index in [4.69, 9.17) is 10.5 Å². The number of likely N-dealkylation sites (N-methyl/N-ethyl adjacent to an activating group) is 1. The van der Waals surface area contributed by atoms with Gasteiger partial charge in [-0.05, 0) is 54.1 Å². The first-order valence-corrected chi connectivity index (χ1v) is 10.9. The number of ether oxygens (including phenoxy) is 1. The predicted molar refractivity (Wildman–Crippen MR) is 133 cm³/mol. The van der Waals surface area contributed by atoms with Crippen LogP contribution in [0.1, 0.15) is 22.0 Å². The van der Waals surface area contributed by atoms with Crippen LogP contribution < -0.4 is 15.8 Å². The molecule has 0 aliphatic heterocycles. The number of benzene rings is 2. The summed E-state index contributed by atoms with van der Waals surface area (Å²) in [5.41, 5.74) is 8.06. The van der Waals surface area contributed by atoms with Crippen molar-refractivity contribution in [3.63, 3.8) is 0 Å². The summed E-state index contributed by atoms with van der Waals surface area (Å²) in [6, 6.07) is 15.8. The largest absolute Gasteiger partial charge is 0.497 e. The topological polar surface area (TPSA) is 115 Å². The first-order valence-electron chi connectivity index (χ1n) is 9.48. The second-order valence-electron chi connectivity index (χ2n) is 6.88. The number of methoxy groups -OCH3 is 1. The number of rotatable bonds is 8. The third kappa shape index (κ3) is 7.15. The Kier molecular flexibility index (Phi) is 10.8. The summed E-state index contributed by atoms with van der Waals surface area (Å²) in [4.78, 5) is 16.4. The van der Waals surface area contributed by atoms with Gasteiger partial charge in [-0.25, -0.2) is 8.42 Å². The Morgan fingerprint density at radius 2 is 1.61 bits per heavy atom. The van der Waals surface area contributed by atoms with Gasteiger partial charge < -0.3 is 15.8 Å². The molecule has 0 saturated carbocycles. The number of nitrogens with two attached hydrogens (primary N) is 1. The van der Waals surface area contributed by atoms with Gasteiger partial charge in [0.25, 0.3) is 5.91 Å². The maximum Gasteiger partial charge on any atom is 0.255 e. The van der Waals surface area contributed by atoms with Crippen LogP contribution in [0, 0.1) is 0 Å². The molecule has 8 nitrogen and oxygen atoms in total. The lowest BCUT2D eigenvalue weighted by molar-refractivity contribution is 0.102. The molecule has 1 aromatic heterocycles. The maximum absolute atomic E-state index is 12.8. The molecule has 0 aliphatic carbocycles. The average Bonchev–Trinajstić information content (AvgIpc) is 2.79. The van der Waals surface area contributed by atoms with E-state index in [1.165, 1.54) is 30.6 Å². The van der Waals surface area contributed by atoms with Crippen molar-refractivity contribution in [2.45, 2.75) is 10.9 Å². The number of anilines is 1. The van der Waals surface area contributed by atoms with E-state index >= 15 is 0 Å². The van der Waals surface area contributed by atoms with Gasteiger partial charge in [-0.1, -0.05) is 12.1 Å². The van der Waals surface area contributed by atoms with E-state index in [0.29, 0.717) is 17.0 Å². The van der Waals surface area contributed by atoms with Crippen molar-refractivity contribution in [2.75, 3.05) is 26.0 Å². The number of pyridine rings is 1. The van der Waals surface area contributed by atoms with E-state index in [1.807, 2.05) is 0 Å². The number of nitrogens with one attached hydrogen (secondary N) is 1. The van der Waals surface area contributed by atoms with Gasteiger partial charge in [-0.15, -0.1) is 24.8 Å². The van der Waals surface area contributed by atoms with E-state index in [0.717, 1.165) is 5.56 Å². The van der Waals surface area contributed by atoms with E-state index in [-0.39, 0.29) is 42.2 Å². The summed E-state index contributed by atoms with van der Waals surface area (Å²) < 4.78 is 31.9. The summed E-state index contributed by atoms with van der Waals surface area (Å²) in [5, 5.41) is 2.78. The Labute approximate surface area is 206 Å². The van der Waals surface area contributed by atoms with Crippen LogP contribution in [0.15, 0.2) is 78.0 Å². The normalized spacial score (nSPS) is 11.6. The third-order valence-corrected chi connectivity index (χ3v) is 6.60. The number of aromatic nitrogens is 1. The van der Waals surface area contributed by atoms with Gasteiger partial charge in [0.2, 0.25) is 10.0 Å². The molecule has 1 amide bonds. The Morgan fingerprint density at radius 3 is 2.15 bits per heavy atom. The predicted octanol–water partition coefficient (Wildman–Crippen LogP) is 3.51. The number of sulfonamides is 1. The summed E-state index contributed by atoms with van der Waals surface area (Å²) in [6.07, 6.45) is 3.18. The molecular formula is C22H26Cl2N4O4S. The van der Waals surface area contributed by atoms with E-state index in [1.54, 1.807) is 60.9 Å². The zero-order valence-electron chi connectivity index (χ0n) is 18.0. The summed E-state index contributed by atoms with van der Waals surface area (Å²) >= 11 is 0. The molecule has 0 bridgehead atoms. The van der Waals surface area contributed by atoms with Gasteiger partial charge >= 0.3 is 0 Å². The Balaban J connectivity index is 0.00000272. The number of carbonyl (C=O) groups excluding carboxylic acids is 1. The lowest BCUT2D eigenvalue weighted by Gasteiger charge is -2.22. The molecule has 11 heteroatoms. The Bertz CT molecular complexity index is 1130.